The Kier molecular flexibility index (Phi) is 7.45. The Bertz CT molecular complexity index is 919. The van der Waals surface area contributed by atoms with Gasteiger partial charge in [-0.15, -0.1) is 0 Å². The maximum atomic E-state index is 13.1. The Morgan fingerprint density at radius 1 is 1.21 bits per heavy atom. The summed E-state index contributed by atoms with van der Waals surface area (Å²) in [6.07, 6.45) is 4.18. The van der Waals surface area contributed by atoms with Crippen LogP contribution >= 0.6 is 0 Å². The highest BCUT2D eigenvalue weighted by molar-refractivity contribution is 7.91. The number of carbonyl (C=O) groups excluding carboxylic acids is 1. The molecule has 1 aliphatic heterocycles. The van der Waals surface area contributed by atoms with E-state index in [1.54, 1.807) is 0 Å². The van der Waals surface area contributed by atoms with Crippen molar-refractivity contribution in [3.05, 3.63) is 20.8 Å². The van der Waals surface area contributed by atoms with E-state index in [9.17, 15) is 22.8 Å². The Morgan fingerprint density at radius 3 is 2.46 bits per heavy atom. The van der Waals surface area contributed by atoms with Crippen LogP contribution in [0.2, 0.25) is 0 Å². The highest BCUT2D eigenvalue weighted by Crippen LogP contribution is 2.25. The molecule has 158 valence electrons. The number of sulfone groups is 1. The summed E-state index contributed by atoms with van der Waals surface area (Å²) >= 11 is 0. The minimum absolute atomic E-state index is 0.0337. The maximum absolute atomic E-state index is 13.1. The van der Waals surface area contributed by atoms with Gasteiger partial charge in [0.05, 0.1) is 17.4 Å². The molecule has 2 rings (SSSR count). The third-order valence-corrected chi connectivity index (χ3v) is 6.82. The van der Waals surface area contributed by atoms with Gasteiger partial charge < -0.3 is 10.6 Å². The van der Waals surface area contributed by atoms with E-state index in [4.69, 9.17) is 5.73 Å². The van der Waals surface area contributed by atoms with Crippen molar-refractivity contribution >= 4 is 27.2 Å². The number of H-pyrrole nitrogens is 1. The number of nitrogens with zero attached hydrogens (tertiary/aromatic N) is 2. The van der Waals surface area contributed by atoms with Crippen molar-refractivity contribution in [2.24, 2.45) is 5.92 Å². The zero-order valence-corrected chi connectivity index (χ0v) is 17.4. The van der Waals surface area contributed by atoms with Crippen molar-refractivity contribution in [3.8, 4) is 0 Å². The third-order valence-electron chi connectivity index (χ3n) is 5.05. The first-order chi connectivity index (χ1) is 13.2. The average molecular weight is 415 g/mol. The van der Waals surface area contributed by atoms with E-state index in [-0.39, 0.29) is 36.0 Å². The molecule has 3 N–H and O–H groups in total. The van der Waals surface area contributed by atoms with Crippen LogP contribution in [0.3, 0.4) is 0 Å². The number of hydrogen-bond donors (Lipinski definition) is 2. The van der Waals surface area contributed by atoms with Gasteiger partial charge in [0.1, 0.15) is 5.82 Å². The quantitative estimate of drug-likeness (QED) is 0.576. The SMILES string of the molecule is CCCCCN(C(=O)C1CCS(=O)(=O)C1)c1c(N)n(CCCC)c(=O)[nH]c1=O. The second-order valence-corrected chi connectivity index (χ2v) is 9.52. The lowest BCUT2D eigenvalue weighted by Crippen LogP contribution is -2.44. The predicted octanol–water partition coefficient (Wildman–Crippen LogP) is 0.877. The monoisotopic (exact) mass is 414 g/mol. The molecule has 9 nitrogen and oxygen atoms in total. The van der Waals surface area contributed by atoms with Crippen molar-refractivity contribution in [1.29, 1.82) is 0 Å². The molecular formula is C18H30N4O5S. The number of nitrogen functional groups attached to an aromatic ring is 1. The molecular weight excluding hydrogens is 384 g/mol. The van der Waals surface area contributed by atoms with Gasteiger partial charge in [-0.3, -0.25) is 19.1 Å². The second-order valence-electron chi connectivity index (χ2n) is 7.30. The van der Waals surface area contributed by atoms with Gasteiger partial charge in [-0.05, 0) is 19.3 Å². The Balaban J connectivity index is 2.47. The molecule has 1 saturated heterocycles. The van der Waals surface area contributed by atoms with Crippen LogP contribution in [0.15, 0.2) is 9.59 Å². The van der Waals surface area contributed by atoms with Gasteiger partial charge in [0.2, 0.25) is 5.91 Å². The molecule has 2 heterocycles. The molecule has 0 spiro atoms. The van der Waals surface area contributed by atoms with E-state index in [0.717, 1.165) is 19.3 Å². The van der Waals surface area contributed by atoms with Gasteiger partial charge in [0.15, 0.2) is 15.5 Å². The topological polar surface area (TPSA) is 135 Å². The van der Waals surface area contributed by atoms with E-state index < -0.39 is 32.9 Å². The highest BCUT2D eigenvalue weighted by Gasteiger charge is 2.37. The fraction of sp³-hybridized carbons (Fsp3) is 0.722. The molecule has 0 aliphatic carbocycles. The van der Waals surface area contributed by atoms with Gasteiger partial charge in [-0.1, -0.05) is 33.1 Å². The van der Waals surface area contributed by atoms with E-state index in [1.807, 2.05) is 13.8 Å². The molecule has 1 fully saturated rings. The van der Waals surface area contributed by atoms with Crippen molar-refractivity contribution in [1.82, 2.24) is 9.55 Å². The smallest absolute Gasteiger partial charge is 0.330 e. The number of rotatable bonds is 9. The van der Waals surface area contributed by atoms with Gasteiger partial charge >= 0.3 is 5.69 Å². The number of nitrogens with one attached hydrogen (secondary N) is 1. The molecule has 0 bridgehead atoms. The third kappa shape index (κ3) is 5.03. The Labute approximate surface area is 164 Å². The molecule has 28 heavy (non-hydrogen) atoms. The molecule has 1 unspecified atom stereocenters. The largest absolute Gasteiger partial charge is 0.383 e. The molecule has 1 aliphatic rings. The summed E-state index contributed by atoms with van der Waals surface area (Å²) in [5, 5.41) is 0. The van der Waals surface area contributed by atoms with Crippen molar-refractivity contribution in [2.45, 2.75) is 58.9 Å². The van der Waals surface area contributed by atoms with Crippen molar-refractivity contribution in [3.63, 3.8) is 0 Å². The molecule has 1 amide bonds. The molecule has 10 heteroatoms. The van der Waals surface area contributed by atoms with Crippen LogP contribution < -0.4 is 21.9 Å². The maximum Gasteiger partial charge on any atom is 0.330 e. The number of carbonyl (C=O) groups is 1. The van der Waals surface area contributed by atoms with Crippen LogP contribution in [-0.2, 0) is 21.2 Å². The van der Waals surface area contributed by atoms with Crippen LogP contribution in [-0.4, -0.2) is 41.9 Å². The van der Waals surface area contributed by atoms with Crippen LogP contribution in [0.25, 0.3) is 0 Å². The normalized spacial score (nSPS) is 18.3. The van der Waals surface area contributed by atoms with E-state index in [1.165, 1.54) is 9.47 Å². The Morgan fingerprint density at radius 2 is 1.89 bits per heavy atom. The van der Waals surface area contributed by atoms with E-state index in [0.29, 0.717) is 19.4 Å². The van der Waals surface area contributed by atoms with E-state index in [2.05, 4.69) is 4.98 Å². The highest BCUT2D eigenvalue weighted by atomic mass is 32.2. The zero-order valence-electron chi connectivity index (χ0n) is 16.6. The van der Waals surface area contributed by atoms with Crippen LogP contribution in [0.5, 0.6) is 0 Å². The first-order valence-electron chi connectivity index (χ1n) is 9.86. The summed E-state index contributed by atoms with van der Waals surface area (Å²) in [6.45, 7) is 4.57. The summed E-state index contributed by atoms with van der Waals surface area (Å²) in [6, 6.07) is 0. The molecule has 0 radical (unpaired) electrons. The lowest BCUT2D eigenvalue weighted by atomic mass is 10.1. The van der Waals surface area contributed by atoms with E-state index >= 15 is 0 Å². The minimum Gasteiger partial charge on any atom is -0.383 e. The summed E-state index contributed by atoms with van der Waals surface area (Å²) in [4.78, 5) is 41.4. The minimum atomic E-state index is -3.25. The molecule has 1 aromatic rings. The van der Waals surface area contributed by atoms with Gasteiger partial charge in [0.25, 0.3) is 5.56 Å². The van der Waals surface area contributed by atoms with Crippen molar-refractivity contribution < 1.29 is 13.2 Å². The number of nitrogens with two attached hydrogens (primary N) is 1. The molecule has 1 atom stereocenters. The first-order valence-corrected chi connectivity index (χ1v) is 11.7. The molecule has 0 saturated carbocycles. The summed E-state index contributed by atoms with van der Waals surface area (Å²) < 4.78 is 24.9. The second kappa shape index (κ2) is 9.40. The number of aromatic nitrogens is 2. The van der Waals surface area contributed by atoms with Crippen molar-refractivity contribution in [2.75, 3.05) is 28.7 Å². The average Bonchev–Trinajstić information content (AvgIpc) is 2.99. The first kappa shape index (κ1) is 22.2. The molecule has 0 aromatic carbocycles. The van der Waals surface area contributed by atoms with Gasteiger partial charge in [0, 0.05) is 13.1 Å². The standard InChI is InChI=1S/C18H30N4O5S/c1-3-5-7-10-21(17(24)13-8-11-28(26,27)12-13)14-15(19)22(9-6-4-2)18(25)20-16(14)23/h13H,3-12,19H2,1-2H3,(H,20,23,25). The molecule has 1 aromatic heterocycles. The summed E-state index contributed by atoms with van der Waals surface area (Å²) in [5.41, 5.74) is 4.77. The number of hydrogen-bond acceptors (Lipinski definition) is 6. The lowest BCUT2D eigenvalue weighted by Gasteiger charge is -2.26. The predicted molar refractivity (Wildman–Crippen MR) is 109 cm³/mol. The number of aromatic amines is 1. The fourth-order valence-electron chi connectivity index (χ4n) is 3.44. The van der Waals surface area contributed by atoms with Gasteiger partial charge in [-0.25, -0.2) is 13.2 Å². The number of unbranched alkanes of at least 4 members (excludes halogenated alkanes) is 3. The van der Waals surface area contributed by atoms with Gasteiger partial charge in [-0.2, -0.15) is 0 Å². The van der Waals surface area contributed by atoms with Crippen LogP contribution in [0.4, 0.5) is 11.5 Å². The Hall–Kier alpha value is -2.10. The van der Waals surface area contributed by atoms with Crippen LogP contribution in [0, 0.1) is 5.92 Å². The summed E-state index contributed by atoms with van der Waals surface area (Å²) in [7, 11) is -3.25. The van der Waals surface area contributed by atoms with Crippen LogP contribution in [0.1, 0.15) is 52.4 Å². The summed E-state index contributed by atoms with van der Waals surface area (Å²) in [5.74, 6) is -1.42. The number of amides is 1. The zero-order chi connectivity index (χ0) is 20.9. The number of anilines is 2. The lowest BCUT2D eigenvalue weighted by molar-refractivity contribution is -0.121. The fourth-order valence-corrected chi connectivity index (χ4v) is 5.17.